The summed E-state index contributed by atoms with van der Waals surface area (Å²) in [6.07, 6.45) is 2.34. The zero-order valence-corrected chi connectivity index (χ0v) is 20.8. The Balaban J connectivity index is 0.000000420. The summed E-state index contributed by atoms with van der Waals surface area (Å²) in [4.78, 5) is 28.6. The van der Waals surface area contributed by atoms with Gasteiger partial charge in [-0.1, -0.05) is 79.6 Å². The normalized spacial score (nSPS) is 15.4. The SMILES string of the molecule is CCCCN1CCN(C(Cc2ccccc2)c2nnc(C(C)N)o2)C(=O)C1=O.Cc1ccccc1. The van der Waals surface area contributed by atoms with E-state index >= 15 is 0 Å². The van der Waals surface area contributed by atoms with Crippen LogP contribution in [-0.4, -0.2) is 51.4 Å². The van der Waals surface area contributed by atoms with Gasteiger partial charge in [-0.15, -0.1) is 10.2 Å². The van der Waals surface area contributed by atoms with Crippen molar-refractivity contribution in [2.75, 3.05) is 19.6 Å². The molecule has 0 radical (unpaired) electrons. The Kier molecular flexibility index (Phi) is 9.55. The molecule has 0 saturated carbocycles. The number of carbonyl (C=O) groups excluding carboxylic acids is 2. The van der Waals surface area contributed by atoms with Crippen molar-refractivity contribution >= 4 is 11.8 Å². The van der Waals surface area contributed by atoms with Gasteiger partial charge in [0, 0.05) is 26.1 Å². The molecule has 35 heavy (non-hydrogen) atoms. The number of nitrogens with two attached hydrogens (primary N) is 1. The molecule has 4 rings (SSSR count). The van der Waals surface area contributed by atoms with Crippen molar-refractivity contribution in [2.24, 2.45) is 5.73 Å². The van der Waals surface area contributed by atoms with Crippen molar-refractivity contribution in [1.82, 2.24) is 20.0 Å². The molecular formula is C27H35N5O3. The first-order valence-corrected chi connectivity index (χ1v) is 12.1. The monoisotopic (exact) mass is 477 g/mol. The number of aromatic nitrogens is 2. The highest BCUT2D eigenvalue weighted by Gasteiger charge is 2.39. The summed E-state index contributed by atoms with van der Waals surface area (Å²) < 4.78 is 5.74. The van der Waals surface area contributed by atoms with Gasteiger partial charge in [0.2, 0.25) is 11.8 Å². The topological polar surface area (TPSA) is 106 Å². The molecule has 0 spiro atoms. The number of nitrogens with zero attached hydrogens (tertiary/aromatic N) is 4. The highest BCUT2D eigenvalue weighted by molar-refractivity contribution is 6.35. The molecule has 2 atom stereocenters. The lowest BCUT2D eigenvalue weighted by Gasteiger charge is -2.37. The van der Waals surface area contributed by atoms with Crippen LogP contribution in [-0.2, 0) is 16.0 Å². The minimum Gasteiger partial charge on any atom is -0.421 e. The van der Waals surface area contributed by atoms with Crippen LogP contribution in [0, 0.1) is 6.92 Å². The highest BCUT2D eigenvalue weighted by Crippen LogP contribution is 2.27. The van der Waals surface area contributed by atoms with E-state index in [1.165, 1.54) is 5.56 Å². The number of aryl methyl sites for hydroxylation is 1. The average molecular weight is 478 g/mol. The first-order valence-electron chi connectivity index (χ1n) is 12.1. The van der Waals surface area contributed by atoms with E-state index in [0.29, 0.717) is 37.8 Å². The van der Waals surface area contributed by atoms with E-state index in [1.54, 1.807) is 16.7 Å². The summed E-state index contributed by atoms with van der Waals surface area (Å²) in [6.45, 7) is 7.44. The van der Waals surface area contributed by atoms with Crippen molar-refractivity contribution in [3.63, 3.8) is 0 Å². The number of unbranched alkanes of at least 4 members (excludes halogenated alkanes) is 1. The molecule has 3 aromatic rings. The smallest absolute Gasteiger partial charge is 0.312 e. The van der Waals surface area contributed by atoms with E-state index in [2.05, 4.69) is 36.2 Å². The van der Waals surface area contributed by atoms with Crippen LogP contribution in [0.5, 0.6) is 0 Å². The van der Waals surface area contributed by atoms with E-state index in [9.17, 15) is 9.59 Å². The van der Waals surface area contributed by atoms with Crippen molar-refractivity contribution < 1.29 is 14.0 Å². The van der Waals surface area contributed by atoms with Gasteiger partial charge in [-0.3, -0.25) is 9.59 Å². The molecule has 2 aromatic carbocycles. The van der Waals surface area contributed by atoms with E-state index in [1.807, 2.05) is 48.5 Å². The van der Waals surface area contributed by atoms with Gasteiger partial charge < -0.3 is 20.0 Å². The van der Waals surface area contributed by atoms with Gasteiger partial charge in [-0.2, -0.15) is 0 Å². The summed E-state index contributed by atoms with van der Waals surface area (Å²) in [5, 5.41) is 8.12. The molecule has 0 aliphatic carbocycles. The number of rotatable bonds is 8. The van der Waals surface area contributed by atoms with Crippen molar-refractivity contribution in [3.8, 4) is 0 Å². The molecule has 8 heteroatoms. The molecular weight excluding hydrogens is 442 g/mol. The first kappa shape index (κ1) is 26.1. The maximum Gasteiger partial charge on any atom is 0.312 e. The molecule has 1 saturated heterocycles. The Hall–Kier alpha value is -3.52. The third-order valence-corrected chi connectivity index (χ3v) is 5.84. The van der Waals surface area contributed by atoms with Crippen molar-refractivity contribution in [3.05, 3.63) is 83.6 Å². The minimum absolute atomic E-state index is 0.305. The fourth-order valence-electron chi connectivity index (χ4n) is 3.82. The predicted octanol–water partition coefficient (Wildman–Crippen LogP) is 3.84. The molecule has 0 bridgehead atoms. The van der Waals surface area contributed by atoms with E-state index in [-0.39, 0.29) is 0 Å². The van der Waals surface area contributed by atoms with Crippen LogP contribution < -0.4 is 5.73 Å². The molecule has 1 aliphatic rings. The zero-order valence-electron chi connectivity index (χ0n) is 20.8. The minimum atomic E-state index is -0.524. The second-order valence-electron chi connectivity index (χ2n) is 8.77. The van der Waals surface area contributed by atoms with Gasteiger partial charge in [0.25, 0.3) is 0 Å². The van der Waals surface area contributed by atoms with Crippen LogP contribution in [0.25, 0.3) is 0 Å². The van der Waals surface area contributed by atoms with E-state index < -0.39 is 23.9 Å². The quantitative estimate of drug-likeness (QED) is 0.494. The maximum absolute atomic E-state index is 12.9. The number of piperazine rings is 1. The number of carbonyl (C=O) groups is 2. The van der Waals surface area contributed by atoms with Crippen LogP contribution in [0.2, 0.25) is 0 Å². The third kappa shape index (κ3) is 7.23. The van der Waals surface area contributed by atoms with Gasteiger partial charge >= 0.3 is 11.8 Å². The maximum atomic E-state index is 12.9. The summed E-state index contributed by atoms with van der Waals surface area (Å²) in [7, 11) is 0. The van der Waals surface area contributed by atoms with Gasteiger partial charge in [0.15, 0.2) is 0 Å². The van der Waals surface area contributed by atoms with E-state index in [4.69, 9.17) is 10.2 Å². The third-order valence-electron chi connectivity index (χ3n) is 5.84. The fraction of sp³-hybridized carbons (Fsp3) is 0.407. The lowest BCUT2D eigenvalue weighted by atomic mass is 10.0. The second kappa shape index (κ2) is 12.8. The predicted molar refractivity (Wildman–Crippen MR) is 134 cm³/mol. The molecule has 2 heterocycles. The molecule has 186 valence electrons. The first-order chi connectivity index (χ1) is 16.9. The number of hydrogen-bond donors (Lipinski definition) is 1. The number of amides is 2. The molecule has 1 aromatic heterocycles. The van der Waals surface area contributed by atoms with Gasteiger partial charge in [0.1, 0.15) is 6.04 Å². The molecule has 8 nitrogen and oxygen atoms in total. The highest BCUT2D eigenvalue weighted by atomic mass is 16.4. The summed E-state index contributed by atoms with van der Waals surface area (Å²) >= 11 is 0. The Labute approximate surface area is 207 Å². The lowest BCUT2D eigenvalue weighted by molar-refractivity contribution is -0.158. The van der Waals surface area contributed by atoms with Crippen LogP contribution in [0.3, 0.4) is 0 Å². The Morgan fingerprint density at radius 3 is 2.11 bits per heavy atom. The number of hydrogen-bond acceptors (Lipinski definition) is 6. The van der Waals surface area contributed by atoms with Crippen LogP contribution >= 0.6 is 0 Å². The summed E-state index contributed by atoms with van der Waals surface area (Å²) in [5.41, 5.74) is 8.17. The zero-order chi connectivity index (χ0) is 25.2. The van der Waals surface area contributed by atoms with Gasteiger partial charge in [-0.25, -0.2) is 0 Å². The molecule has 2 unspecified atom stereocenters. The standard InChI is InChI=1S/C20H27N5O3.C7H8/c1-3-4-10-24-11-12-25(20(27)19(24)26)16(13-15-8-6-5-7-9-15)18-23-22-17(28-18)14(2)21;1-7-5-3-2-4-6-7/h5-9,14,16H,3-4,10-13,21H2,1-2H3;2-6H,1H3. The molecule has 1 fully saturated rings. The second-order valence-corrected chi connectivity index (χ2v) is 8.77. The fourth-order valence-corrected chi connectivity index (χ4v) is 3.82. The Morgan fingerprint density at radius 2 is 1.57 bits per heavy atom. The molecule has 2 N–H and O–H groups in total. The summed E-state index contributed by atoms with van der Waals surface area (Å²) in [5.74, 6) is -0.374. The van der Waals surface area contributed by atoms with Gasteiger partial charge in [-0.05, 0) is 25.8 Å². The molecule has 2 amide bonds. The lowest BCUT2D eigenvalue weighted by Crippen LogP contribution is -2.55. The van der Waals surface area contributed by atoms with Crippen LogP contribution in [0.4, 0.5) is 0 Å². The average Bonchev–Trinajstić information content (AvgIpc) is 3.36. The Morgan fingerprint density at radius 1 is 0.943 bits per heavy atom. The van der Waals surface area contributed by atoms with Crippen LogP contribution in [0.1, 0.15) is 61.7 Å². The largest absolute Gasteiger partial charge is 0.421 e. The van der Waals surface area contributed by atoms with Crippen molar-refractivity contribution in [2.45, 2.75) is 52.1 Å². The van der Waals surface area contributed by atoms with Gasteiger partial charge in [0.05, 0.1) is 6.04 Å². The van der Waals surface area contributed by atoms with E-state index in [0.717, 1.165) is 18.4 Å². The number of benzene rings is 2. The van der Waals surface area contributed by atoms with Crippen LogP contribution in [0.15, 0.2) is 65.1 Å². The molecule has 1 aliphatic heterocycles. The summed E-state index contributed by atoms with van der Waals surface area (Å²) in [6, 6.07) is 19.1. The van der Waals surface area contributed by atoms with Crippen molar-refractivity contribution in [1.29, 1.82) is 0 Å². The Bertz CT molecular complexity index is 1070.